The summed E-state index contributed by atoms with van der Waals surface area (Å²) in [6.07, 6.45) is 1.19. The van der Waals surface area contributed by atoms with Crippen molar-refractivity contribution in [1.82, 2.24) is 4.98 Å². The van der Waals surface area contributed by atoms with E-state index in [1.807, 2.05) is 0 Å². The molecule has 122 valence electrons. The van der Waals surface area contributed by atoms with Gasteiger partial charge in [0.2, 0.25) is 22.1 Å². The van der Waals surface area contributed by atoms with Crippen LogP contribution in [0.1, 0.15) is 0 Å². The number of ether oxygens (including phenoxy) is 2. The SMILES string of the molecule is O=c1c(S(=O)(=O)c2ccc(Cl)cc2)c[nH]c2cc3c(cc12)OCO3. The van der Waals surface area contributed by atoms with E-state index >= 15 is 0 Å². The van der Waals surface area contributed by atoms with E-state index < -0.39 is 15.3 Å². The van der Waals surface area contributed by atoms with Crippen LogP contribution in [-0.4, -0.2) is 20.2 Å². The summed E-state index contributed by atoms with van der Waals surface area (Å²) in [7, 11) is -3.97. The minimum absolute atomic E-state index is 0.00232. The molecule has 0 amide bonds. The molecule has 0 saturated carbocycles. The lowest BCUT2D eigenvalue weighted by Gasteiger charge is -2.06. The van der Waals surface area contributed by atoms with Gasteiger partial charge in [-0.25, -0.2) is 8.42 Å². The molecule has 8 heteroatoms. The molecule has 1 aliphatic rings. The number of aromatic nitrogens is 1. The van der Waals surface area contributed by atoms with Gasteiger partial charge in [0.1, 0.15) is 4.90 Å². The van der Waals surface area contributed by atoms with E-state index in [-0.39, 0.29) is 22.0 Å². The van der Waals surface area contributed by atoms with Gasteiger partial charge in [-0.2, -0.15) is 0 Å². The molecule has 1 N–H and O–H groups in total. The summed E-state index contributed by atoms with van der Waals surface area (Å²) < 4.78 is 35.9. The van der Waals surface area contributed by atoms with Gasteiger partial charge < -0.3 is 14.5 Å². The Balaban J connectivity index is 1.94. The molecule has 0 unspecified atom stereocenters. The molecule has 0 radical (unpaired) electrons. The third-order valence-corrected chi connectivity index (χ3v) is 5.78. The van der Waals surface area contributed by atoms with Gasteiger partial charge in [0.25, 0.3) is 0 Å². The number of benzene rings is 2. The molecule has 2 heterocycles. The highest BCUT2D eigenvalue weighted by Crippen LogP contribution is 2.34. The minimum atomic E-state index is -3.97. The Bertz CT molecular complexity index is 1120. The van der Waals surface area contributed by atoms with Crippen molar-refractivity contribution in [2.45, 2.75) is 9.79 Å². The second-order valence-corrected chi connectivity index (χ2v) is 7.55. The quantitative estimate of drug-likeness (QED) is 0.756. The Morgan fingerprint density at radius 3 is 2.42 bits per heavy atom. The van der Waals surface area contributed by atoms with Crippen LogP contribution in [0.3, 0.4) is 0 Å². The number of sulfone groups is 1. The Morgan fingerprint density at radius 1 is 1.04 bits per heavy atom. The number of rotatable bonds is 2. The number of H-pyrrole nitrogens is 1. The van der Waals surface area contributed by atoms with E-state index in [1.54, 1.807) is 6.07 Å². The van der Waals surface area contributed by atoms with E-state index in [0.717, 1.165) is 0 Å². The van der Waals surface area contributed by atoms with Crippen LogP contribution in [0, 0.1) is 0 Å². The lowest BCUT2D eigenvalue weighted by Crippen LogP contribution is -2.16. The normalized spacial score (nSPS) is 13.4. The molecule has 6 nitrogen and oxygen atoms in total. The summed E-state index contributed by atoms with van der Waals surface area (Å²) in [5.41, 5.74) is -0.128. The van der Waals surface area contributed by atoms with Gasteiger partial charge in [0, 0.05) is 17.3 Å². The third kappa shape index (κ3) is 2.24. The van der Waals surface area contributed by atoms with Crippen molar-refractivity contribution in [3.8, 4) is 11.5 Å². The van der Waals surface area contributed by atoms with Crippen LogP contribution >= 0.6 is 11.6 Å². The van der Waals surface area contributed by atoms with Gasteiger partial charge in [-0.05, 0) is 30.3 Å². The highest BCUT2D eigenvalue weighted by atomic mass is 35.5. The van der Waals surface area contributed by atoms with Crippen LogP contribution in [-0.2, 0) is 9.84 Å². The summed E-state index contributed by atoms with van der Waals surface area (Å²) in [6, 6.07) is 8.74. The zero-order valence-corrected chi connectivity index (χ0v) is 13.6. The first-order valence-electron chi connectivity index (χ1n) is 6.92. The van der Waals surface area contributed by atoms with Crippen LogP contribution < -0.4 is 14.9 Å². The summed E-state index contributed by atoms with van der Waals surface area (Å²) in [5, 5.41) is 0.628. The van der Waals surface area contributed by atoms with E-state index in [0.29, 0.717) is 22.0 Å². The summed E-state index contributed by atoms with van der Waals surface area (Å²) in [6.45, 7) is 0.0653. The third-order valence-electron chi connectivity index (χ3n) is 3.75. The molecule has 0 fully saturated rings. The Morgan fingerprint density at radius 2 is 1.71 bits per heavy atom. The maximum atomic E-state index is 12.7. The van der Waals surface area contributed by atoms with Gasteiger partial charge >= 0.3 is 0 Å². The van der Waals surface area contributed by atoms with Gasteiger partial charge in [0.15, 0.2) is 11.5 Å². The molecular weight excluding hydrogens is 354 g/mol. The average molecular weight is 364 g/mol. The number of halogens is 1. The molecule has 3 aromatic rings. The monoisotopic (exact) mass is 363 g/mol. The zero-order valence-electron chi connectivity index (χ0n) is 12.1. The first kappa shape index (κ1) is 15.0. The molecule has 4 rings (SSSR count). The number of hydrogen-bond acceptors (Lipinski definition) is 5. The van der Waals surface area contributed by atoms with Crippen molar-refractivity contribution in [2.24, 2.45) is 0 Å². The van der Waals surface area contributed by atoms with Crippen LogP contribution in [0.25, 0.3) is 10.9 Å². The molecule has 0 spiro atoms. The predicted molar refractivity (Wildman–Crippen MR) is 87.6 cm³/mol. The van der Waals surface area contributed by atoms with E-state index in [9.17, 15) is 13.2 Å². The molecule has 0 bridgehead atoms. The topological polar surface area (TPSA) is 85.5 Å². The van der Waals surface area contributed by atoms with Crippen molar-refractivity contribution in [1.29, 1.82) is 0 Å². The minimum Gasteiger partial charge on any atom is -0.454 e. The van der Waals surface area contributed by atoms with Crippen LogP contribution in [0.2, 0.25) is 5.02 Å². The molecule has 2 aromatic carbocycles. The van der Waals surface area contributed by atoms with Crippen LogP contribution in [0.5, 0.6) is 11.5 Å². The maximum Gasteiger partial charge on any atom is 0.231 e. The Labute approximate surface area is 141 Å². The molecule has 0 aliphatic carbocycles. The number of fused-ring (bicyclic) bond motifs is 2. The lowest BCUT2D eigenvalue weighted by atomic mass is 10.2. The summed E-state index contributed by atoms with van der Waals surface area (Å²) in [5.74, 6) is 0.917. The molecule has 1 aliphatic heterocycles. The molecule has 0 atom stereocenters. The zero-order chi connectivity index (χ0) is 16.9. The van der Waals surface area contributed by atoms with Gasteiger partial charge in [-0.15, -0.1) is 0 Å². The van der Waals surface area contributed by atoms with Crippen LogP contribution in [0.4, 0.5) is 0 Å². The standard InChI is InChI=1S/C16H10ClNO5S/c17-9-1-3-10(4-2-9)24(20,21)15-7-18-12-6-14-13(22-8-23-14)5-11(12)16(15)19/h1-7H,8H2,(H,18,19). The summed E-state index contributed by atoms with van der Waals surface area (Å²) in [4.78, 5) is 15.2. The van der Waals surface area contributed by atoms with Gasteiger partial charge in [-0.3, -0.25) is 4.79 Å². The van der Waals surface area contributed by atoms with Crippen LogP contribution in [0.15, 0.2) is 57.2 Å². The van der Waals surface area contributed by atoms with Gasteiger partial charge in [0.05, 0.1) is 15.8 Å². The van der Waals surface area contributed by atoms with Crippen molar-refractivity contribution in [2.75, 3.05) is 6.79 Å². The second kappa shape index (κ2) is 5.25. The Kier molecular flexibility index (Phi) is 3.29. The maximum absolute atomic E-state index is 12.7. The molecule has 1 aromatic heterocycles. The largest absolute Gasteiger partial charge is 0.454 e. The lowest BCUT2D eigenvalue weighted by molar-refractivity contribution is 0.174. The molecule has 24 heavy (non-hydrogen) atoms. The highest BCUT2D eigenvalue weighted by Gasteiger charge is 2.24. The van der Waals surface area contributed by atoms with E-state index in [2.05, 4.69) is 4.98 Å². The first-order valence-corrected chi connectivity index (χ1v) is 8.78. The predicted octanol–water partition coefficient (Wildman–Crippen LogP) is 2.74. The number of aromatic amines is 1. The van der Waals surface area contributed by atoms with Crippen molar-refractivity contribution < 1.29 is 17.9 Å². The second-order valence-electron chi connectivity index (χ2n) is 5.19. The van der Waals surface area contributed by atoms with E-state index in [4.69, 9.17) is 21.1 Å². The molecule has 0 saturated heterocycles. The summed E-state index contributed by atoms with van der Waals surface area (Å²) >= 11 is 5.78. The van der Waals surface area contributed by atoms with E-state index in [1.165, 1.54) is 36.5 Å². The van der Waals surface area contributed by atoms with Crippen molar-refractivity contribution >= 4 is 32.3 Å². The fraction of sp³-hybridized carbons (Fsp3) is 0.0625. The first-order chi connectivity index (χ1) is 11.5. The van der Waals surface area contributed by atoms with Crippen molar-refractivity contribution in [3.05, 3.63) is 57.8 Å². The highest BCUT2D eigenvalue weighted by molar-refractivity contribution is 7.91. The number of hydrogen-bond donors (Lipinski definition) is 1. The molecular formula is C16H10ClNO5S. The average Bonchev–Trinajstić information content (AvgIpc) is 3.01. The number of nitrogens with one attached hydrogen (secondary N) is 1. The number of pyridine rings is 1. The fourth-order valence-electron chi connectivity index (χ4n) is 2.53. The van der Waals surface area contributed by atoms with Gasteiger partial charge in [-0.1, -0.05) is 11.6 Å². The van der Waals surface area contributed by atoms with Crippen molar-refractivity contribution in [3.63, 3.8) is 0 Å². The fourth-order valence-corrected chi connectivity index (χ4v) is 3.97. The smallest absolute Gasteiger partial charge is 0.231 e. The Hall–Kier alpha value is -2.51.